The van der Waals surface area contributed by atoms with Gasteiger partial charge in [-0.05, 0) is 32.9 Å². The lowest BCUT2D eigenvalue weighted by molar-refractivity contribution is -0.0162. The Labute approximate surface area is 99.8 Å². The molecule has 0 aliphatic rings. The Morgan fingerprint density at radius 1 is 1.44 bits per heavy atom. The largest absolute Gasteiger partial charge is 0.370 e. The third-order valence-electron chi connectivity index (χ3n) is 2.20. The number of fused-ring (bicyclic) bond motifs is 1. The molecule has 86 valence electrons. The second-order valence-corrected chi connectivity index (χ2v) is 5.16. The lowest BCUT2D eigenvalue weighted by Gasteiger charge is -2.18. The molecule has 2 aromatic heterocycles. The lowest BCUT2D eigenvalue weighted by atomic mass is 10.2. The standard InChI is InChI=1S/C12H15ClN2O/c1-12(2,3)16-7-8-6-9-10(13)4-5-14-11(9)15-8/h4-6H,7H2,1-3H3,(H,14,15). The highest BCUT2D eigenvalue weighted by atomic mass is 35.5. The van der Waals surface area contributed by atoms with E-state index in [1.54, 1.807) is 12.3 Å². The number of pyridine rings is 1. The molecular formula is C12H15ClN2O. The highest BCUT2D eigenvalue weighted by Crippen LogP contribution is 2.23. The minimum absolute atomic E-state index is 0.144. The first-order valence-electron chi connectivity index (χ1n) is 5.22. The van der Waals surface area contributed by atoms with Gasteiger partial charge in [-0.1, -0.05) is 11.6 Å². The molecule has 2 rings (SSSR count). The highest BCUT2D eigenvalue weighted by Gasteiger charge is 2.11. The number of rotatable bonds is 2. The van der Waals surface area contributed by atoms with Crippen LogP contribution in [0.3, 0.4) is 0 Å². The average molecular weight is 239 g/mol. The van der Waals surface area contributed by atoms with Crippen molar-refractivity contribution in [1.82, 2.24) is 9.97 Å². The Morgan fingerprint density at radius 3 is 2.81 bits per heavy atom. The molecule has 2 heterocycles. The smallest absolute Gasteiger partial charge is 0.139 e. The summed E-state index contributed by atoms with van der Waals surface area (Å²) in [5, 5.41) is 1.65. The predicted molar refractivity (Wildman–Crippen MR) is 65.6 cm³/mol. The Bertz CT molecular complexity index is 499. The number of nitrogens with zero attached hydrogens (tertiary/aromatic N) is 1. The molecule has 0 aliphatic carbocycles. The van der Waals surface area contributed by atoms with Gasteiger partial charge in [0.05, 0.1) is 17.2 Å². The van der Waals surface area contributed by atoms with Crippen molar-refractivity contribution < 1.29 is 4.74 Å². The molecule has 0 aromatic carbocycles. The van der Waals surface area contributed by atoms with Gasteiger partial charge >= 0.3 is 0 Å². The summed E-state index contributed by atoms with van der Waals surface area (Å²) in [7, 11) is 0. The summed E-state index contributed by atoms with van der Waals surface area (Å²) in [5.74, 6) is 0. The number of aromatic amines is 1. The van der Waals surface area contributed by atoms with Crippen molar-refractivity contribution in [1.29, 1.82) is 0 Å². The van der Waals surface area contributed by atoms with Crippen LogP contribution in [0.4, 0.5) is 0 Å². The van der Waals surface area contributed by atoms with E-state index in [9.17, 15) is 0 Å². The van der Waals surface area contributed by atoms with E-state index in [1.165, 1.54) is 0 Å². The summed E-state index contributed by atoms with van der Waals surface area (Å²) in [6.45, 7) is 6.62. The van der Waals surface area contributed by atoms with E-state index in [1.807, 2.05) is 26.8 Å². The number of hydrogen-bond acceptors (Lipinski definition) is 2. The number of halogens is 1. The van der Waals surface area contributed by atoms with Crippen LogP contribution in [-0.4, -0.2) is 15.6 Å². The van der Waals surface area contributed by atoms with Crippen LogP contribution in [0.15, 0.2) is 18.3 Å². The number of H-pyrrole nitrogens is 1. The van der Waals surface area contributed by atoms with Gasteiger partial charge in [0.25, 0.3) is 0 Å². The molecule has 4 heteroatoms. The first kappa shape index (κ1) is 11.4. The van der Waals surface area contributed by atoms with Crippen molar-refractivity contribution in [3.63, 3.8) is 0 Å². The number of aromatic nitrogens is 2. The molecular weight excluding hydrogens is 224 g/mol. The van der Waals surface area contributed by atoms with Gasteiger partial charge in [0.2, 0.25) is 0 Å². The van der Waals surface area contributed by atoms with Crippen LogP contribution in [0.1, 0.15) is 26.5 Å². The summed E-state index contributed by atoms with van der Waals surface area (Å²) >= 11 is 6.06. The Balaban J connectivity index is 2.24. The number of nitrogens with one attached hydrogen (secondary N) is 1. The third kappa shape index (κ3) is 2.54. The maximum atomic E-state index is 6.06. The van der Waals surface area contributed by atoms with E-state index in [4.69, 9.17) is 16.3 Å². The lowest BCUT2D eigenvalue weighted by Crippen LogP contribution is -2.18. The third-order valence-corrected chi connectivity index (χ3v) is 2.52. The molecule has 0 fully saturated rings. The van der Waals surface area contributed by atoms with Crippen molar-refractivity contribution in [2.45, 2.75) is 33.0 Å². The van der Waals surface area contributed by atoms with E-state index in [2.05, 4.69) is 9.97 Å². The summed E-state index contributed by atoms with van der Waals surface area (Å²) < 4.78 is 5.68. The fourth-order valence-electron chi connectivity index (χ4n) is 1.42. The van der Waals surface area contributed by atoms with Crippen LogP contribution in [0.2, 0.25) is 5.02 Å². The normalized spacial score (nSPS) is 12.2. The number of hydrogen-bond donors (Lipinski definition) is 1. The van der Waals surface area contributed by atoms with Gasteiger partial charge in [0.15, 0.2) is 0 Å². The topological polar surface area (TPSA) is 37.9 Å². The van der Waals surface area contributed by atoms with Crippen molar-refractivity contribution in [2.75, 3.05) is 0 Å². The van der Waals surface area contributed by atoms with Gasteiger partial charge in [0.1, 0.15) is 5.65 Å². The zero-order valence-electron chi connectivity index (χ0n) is 9.67. The van der Waals surface area contributed by atoms with Crippen LogP contribution in [0.25, 0.3) is 11.0 Å². The fraction of sp³-hybridized carbons (Fsp3) is 0.417. The molecule has 2 aromatic rings. The Hall–Kier alpha value is -1.06. The van der Waals surface area contributed by atoms with Gasteiger partial charge in [0, 0.05) is 17.3 Å². The van der Waals surface area contributed by atoms with Gasteiger partial charge < -0.3 is 9.72 Å². The monoisotopic (exact) mass is 238 g/mol. The fourth-order valence-corrected chi connectivity index (χ4v) is 1.62. The van der Waals surface area contributed by atoms with E-state index in [0.717, 1.165) is 16.7 Å². The zero-order chi connectivity index (χ0) is 11.8. The molecule has 1 N–H and O–H groups in total. The minimum Gasteiger partial charge on any atom is -0.370 e. The first-order chi connectivity index (χ1) is 7.46. The molecule has 0 amide bonds. The molecule has 0 saturated heterocycles. The summed E-state index contributed by atoms with van der Waals surface area (Å²) in [5.41, 5.74) is 1.65. The SMILES string of the molecule is CC(C)(C)OCc1cc2c(Cl)ccnc2[nH]1. The van der Waals surface area contributed by atoms with Gasteiger partial charge in [-0.2, -0.15) is 0 Å². The maximum Gasteiger partial charge on any atom is 0.139 e. The van der Waals surface area contributed by atoms with E-state index in [0.29, 0.717) is 11.6 Å². The van der Waals surface area contributed by atoms with E-state index in [-0.39, 0.29) is 5.60 Å². The quantitative estimate of drug-likeness (QED) is 0.869. The minimum atomic E-state index is -0.144. The van der Waals surface area contributed by atoms with Gasteiger partial charge in [-0.25, -0.2) is 4.98 Å². The van der Waals surface area contributed by atoms with Crippen LogP contribution in [-0.2, 0) is 11.3 Å². The Morgan fingerprint density at radius 2 is 2.19 bits per heavy atom. The van der Waals surface area contributed by atoms with Crippen LogP contribution in [0.5, 0.6) is 0 Å². The van der Waals surface area contributed by atoms with Crippen molar-refractivity contribution in [3.05, 3.63) is 29.0 Å². The summed E-state index contributed by atoms with van der Waals surface area (Å²) in [6.07, 6.45) is 1.69. The van der Waals surface area contributed by atoms with Gasteiger partial charge in [-0.15, -0.1) is 0 Å². The van der Waals surface area contributed by atoms with Crippen molar-refractivity contribution >= 4 is 22.6 Å². The second-order valence-electron chi connectivity index (χ2n) is 4.75. The van der Waals surface area contributed by atoms with Crippen molar-refractivity contribution in [3.8, 4) is 0 Å². The molecule has 0 bridgehead atoms. The van der Waals surface area contributed by atoms with E-state index < -0.39 is 0 Å². The zero-order valence-corrected chi connectivity index (χ0v) is 10.4. The number of ether oxygens (including phenoxy) is 1. The molecule has 16 heavy (non-hydrogen) atoms. The van der Waals surface area contributed by atoms with Crippen LogP contribution < -0.4 is 0 Å². The summed E-state index contributed by atoms with van der Waals surface area (Å²) in [6, 6.07) is 3.77. The molecule has 0 spiro atoms. The first-order valence-corrected chi connectivity index (χ1v) is 5.59. The Kier molecular flexibility index (Phi) is 2.91. The highest BCUT2D eigenvalue weighted by molar-refractivity contribution is 6.35. The average Bonchev–Trinajstić information content (AvgIpc) is 2.58. The van der Waals surface area contributed by atoms with Gasteiger partial charge in [-0.3, -0.25) is 0 Å². The molecule has 0 unspecified atom stereocenters. The van der Waals surface area contributed by atoms with Crippen LogP contribution >= 0.6 is 11.6 Å². The predicted octanol–water partition coefficient (Wildman–Crippen LogP) is 3.53. The maximum absolute atomic E-state index is 6.06. The molecule has 0 atom stereocenters. The molecule has 0 radical (unpaired) electrons. The summed E-state index contributed by atoms with van der Waals surface area (Å²) in [4.78, 5) is 7.40. The van der Waals surface area contributed by atoms with Crippen molar-refractivity contribution in [2.24, 2.45) is 0 Å². The molecule has 3 nitrogen and oxygen atoms in total. The van der Waals surface area contributed by atoms with Crippen LogP contribution in [0, 0.1) is 0 Å². The van der Waals surface area contributed by atoms with E-state index >= 15 is 0 Å². The molecule has 0 aliphatic heterocycles. The second kappa shape index (κ2) is 4.07. The molecule has 0 saturated carbocycles.